The summed E-state index contributed by atoms with van der Waals surface area (Å²) < 4.78 is 0. The van der Waals surface area contributed by atoms with Crippen LogP contribution in [-0.2, 0) is 4.79 Å². The number of hydrogen-bond donors (Lipinski definition) is 2. The van der Waals surface area contributed by atoms with Crippen molar-refractivity contribution in [1.82, 2.24) is 10.3 Å². The summed E-state index contributed by atoms with van der Waals surface area (Å²) >= 11 is 0. The third kappa shape index (κ3) is 4.28. The average Bonchev–Trinajstić information content (AvgIpc) is 2.27. The first-order valence-electron chi connectivity index (χ1n) is 6.57. The van der Waals surface area contributed by atoms with Crippen molar-refractivity contribution < 1.29 is 4.79 Å². The first kappa shape index (κ1) is 14.5. The molecule has 1 fully saturated rings. The van der Waals surface area contributed by atoms with Gasteiger partial charge in [-0.3, -0.25) is 10.2 Å². The highest BCUT2D eigenvalue weighted by atomic mass is 16.2. The van der Waals surface area contributed by atoms with Crippen molar-refractivity contribution in [1.29, 1.82) is 0 Å². The number of rotatable bonds is 4. The molecule has 1 amide bonds. The van der Waals surface area contributed by atoms with Crippen molar-refractivity contribution >= 4 is 5.91 Å². The third-order valence-corrected chi connectivity index (χ3v) is 4.22. The predicted octanol–water partition coefficient (Wildman–Crippen LogP) is 1.66. The minimum absolute atomic E-state index is 0.0829. The van der Waals surface area contributed by atoms with Crippen LogP contribution in [0, 0.1) is 5.41 Å². The molecule has 1 rings (SSSR count). The summed E-state index contributed by atoms with van der Waals surface area (Å²) in [5.41, 5.74) is 2.70. The Morgan fingerprint density at radius 1 is 1.47 bits per heavy atom. The number of hydrogen-bond acceptors (Lipinski definition) is 3. The van der Waals surface area contributed by atoms with E-state index in [0.717, 1.165) is 0 Å². The maximum absolute atomic E-state index is 11.2. The first-order chi connectivity index (χ1) is 7.85. The van der Waals surface area contributed by atoms with E-state index in [4.69, 9.17) is 5.84 Å². The molecule has 1 unspecified atom stereocenters. The fraction of sp³-hybridized carbons (Fsp3) is 0.923. The second-order valence-corrected chi connectivity index (χ2v) is 6.18. The van der Waals surface area contributed by atoms with E-state index in [1.165, 1.54) is 25.7 Å². The molecular weight excluding hydrogens is 214 g/mol. The standard InChI is InChI=1S/C13H27N3O/c1-10(9-12(17)15-14)16(4)11-5-7-13(2,3)8-6-11/h10-11H,5-9,14H2,1-4H3,(H,15,17). The van der Waals surface area contributed by atoms with E-state index in [-0.39, 0.29) is 11.9 Å². The average molecular weight is 241 g/mol. The smallest absolute Gasteiger partial charge is 0.235 e. The van der Waals surface area contributed by atoms with E-state index in [1.54, 1.807) is 0 Å². The summed E-state index contributed by atoms with van der Waals surface area (Å²) in [5.74, 6) is 5.03. The second kappa shape index (κ2) is 5.83. The predicted molar refractivity (Wildman–Crippen MR) is 70.2 cm³/mol. The lowest BCUT2D eigenvalue weighted by Crippen LogP contribution is -2.44. The van der Waals surface area contributed by atoms with Gasteiger partial charge in [0.25, 0.3) is 0 Å². The summed E-state index contributed by atoms with van der Waals surface area (Å²) in [4.78, 5) is 13.6. The molecule has 1 aliphatic rings. The Morgan fingerprint density at radius 3 is 2.47 bits per heavy atom. The van der Waals surface area contributed by atoms with Crippen LogP contribution in [0.2, 0.25) is 0 Å². The van der Waals surface area contributed by atoms with Crippen LogP contribution in [-0.4, -0.2) is 29.9 Å². The quantitative estimate of drug-likeness (QED) is 0.447. The van der Waals surface area contributed by atoms with Gasteiger partial charge in [-0.15, -0.1) is 0 Å². The number of nitrogens with one attached hydrogen (secondary N) is 1. The Hall–Kier alpha value is -0.610. The summed E-state index contributed by atoms with van der Waals surface area (Å²) in [6.45, 7) is 6.78. The summed E-state index contributed by atoms with van der Waals surface area (Å²) in [5, 5.41) is 0. The lowest BCUT2D eigenvalue weighted by atomic mass is 9.75. The van der Waals surface area contributed by atoms with E-state index < -0.39 is 0 Å². The maximum Gasteiger partial charge on any atom is 0.235 e. The molecule has 3 N–H and O–H groups in total. The van der Waals surface area contributed by atoms with E-state index in [0.29, 0.717) is 17.9 Å². The van der Waals surface area contributed by atoms with Crippen LogP contribution in [0.4, 0.5) is 0 Å². The topological polar surface area (TPSA) is 58.4 Å². The molecule has 0 aromatic carbocycles. The molecule has 0 spiro atoms. The largest absolute Gasteiger partial charge is 0.300 e. The van der Waals surface area contributed by atoms with Crippen LogP contribution in [0.1, 0.15) is 52.9 Å². The molecule has 100 valence electrons. The molecule has 4 heteroatoms. The van der Waals surface area contributed by atoms with Crippen LogP contribution in [0.25, 0.3) is 0 Å². The first-order valence-corrected chi connectivity index (χ1v) is 6.57. The molecule has 0 aromatic rings. The molecule has 1 aliphatic carbocycles. The van der Waals surface area contributed by atoms with Crippen molar-refractivity contribution in [3.63, 3.8) is 0 Å². The maximum atomic E-state index is 11.2. The summed E-state index contributed by atoms with van der Waals surface area (Å²) in [7, 11) is 2.12. The number of nitrogens with two attached hydrogens (primary N) is 1. The van der Waals surface area contributed by atoms with Gasteiger partial charge in [0, 0.05) is 18.5 Å². The molecule has 1 saturated carbocycles. The Labute approximate surface area is 105 Å². The van der Waals surface area contributed by atoms with Gasteiger partial charge in [0.2, 0.25) is 5.91 Å². The Morgan fingerprint density at radius 2 is 2.00 bits per heavy atom. The molecule has 17 heavy (non-hydrogen) atoms. The SMILES string of the molecule is CC(CC(=O)NN)N(C)C1CCC(C)(C)CC1. The van der Waals surface area contributed by atoms with Gasteiger partial charge in [-0.05, 0) is 45.1 Å². The highest BCUT2D eigenvalue weighted by molar-refractivity contribution is 5.75. The molecule has 4 nitrogen and oxygen atoms in total. The third-order valence-electron chi connectivity index (χ3n) is 4.22. The van der Waals surface area contributed by atoms with E-state index in [9.17, 15) is 4.79 Å². The van der Waals surface area contributed by atoms with Crippen LogP contribution in [0.3, 0.4) is 0 Å². The number of hydrazine groups is 1. The molecule has 1 atom stereocenters. The Bertz CT molecular complexity index is 255. The van der Waals surface area contributed by atoms with Gasteiger partial charge in [0.15, 0.2) is 0 Å². The van der Waals surface area contributed by atoms with Crippen LogP contribution in [0.5, 0.6) is 0 Å². The van der Waals surface area contributed by atoms with E-state index in [1.807, 2.05) is 0 Å². The molecule has 0 aromatic heterocycles. The van der Waals surface area contributed by atoms with Gasteiger partial charge in [-0.2, -0.15) is 0 Å². The zero-order valence-electron chi connectivity index (χ0n) is 11.6. The van der Waals surface area contributed by atoms with Crippen molar-refractivity contribution in [2.24, 2.45) is 11.3 Å². The number of amides is 1. The lowest BCUT2D eigenvalue weighted by molar-refractivity contribution is -0.122. The van der Waals surface area contributed by atoms with Crippen LogP contribution in [0.15, 0.2) is 0 Å². The highest BCUT2D eigenvalue weighted by Gasteiger charge is 2.30. The fourth-order valence-corrected chi connectivity index (χ4v) is 2.62. The summed E-state index contributed by atoms with van der Waals surface area (Å²) in [6, 6.07) is 0.869. The van der Waals surface area contributed by atoms with Gasteiger partial charge in [0.05, 0.1) is 0 Å². The molecule has 0 heterocycles. The zero-order valence-corrected chi connectivity index (χ0v) is 11.6. The monoisotopic (exact) mass is 241 g/mol. The van der Waals surface area contributed by atoms with Gasteiger partial charge in [-0.25, -0.2) is 5.84 Å². The minimum atomic E-state index is -0.0829. The van der Waals surface area contributed by atoms with Crippen molar-refractivity contribution in [3.8, 4) is 0 Å². The number of carbonyl (C=O) groups excluding carboxylic acids is 1. The number of nitrogens with zero attached hydrogens (tertiary/aromatic N) is 1. The molecule has 0 radical (unpaired) electrons. The Balaban J connectivity index is 2.42. The summed E-state index contributed by atoms with van der Waals surface area (Å²) in [6.07, 6.45) is 5.50. The van der Waals surface area contributed by atoms with Gasteiger partial charge in [0.1, 0.15) is 0 Å². The van der Waals surface area contributed by atoms with Crippen LogP contribution >= 0.6 is 0 Å². The number of carbonyl (C=O) groups is 1. The highest BCUT2D eigenvalue weighted by Crippen LogP contribution is 2.37. The van der Waals surface area contributed by atoms with E-state index in [2.05, 4.69) is 38.1 Å². The molecule has 0 bridgehead atoms. The molecular formula is C13H27N3O. The fourth-order valence-electron chi connectivity index (χ4n) is 2.62. The van der Waals surface area contributed by atoms with Crippen molar-refractivity contribution in [3.05, 3.63) is 0 Å². The van der Waals surface area contributed by atoms with Gasteiger partial charge >= 0.3 is 0 Å². The van der Waals surface area contributed by atoms with Crippen LogP contribution < -0.4 is 11.3 Å². The lowest BCUT2D eigenvalue weighted by Gasteiger charge is -2.40. The van der Waals surface area contributed by atoms with Crippen molar-refractivity contribution in [2.75, 3.05) is 7.05 Å². The Kier molecular flexibility index (Phi) is 4.95. The second-order valence-electron chi connectivity index (χ2n) is 6.18. The normalized spacial score (nSPS) is 22.5. The van der Waals surface area contributed by atoms with Gasteiger partial charge in [-0.1, -0.05) is 13.8 Å². The zero-order chi connectivity index (χ0) is 13.1. The minimum Gasteiger partial charge on any atom is -0.300 e. The molecule has 0 aliphatic heterocycles. The van der Waals surface area contributed by atoms with Crippen molar-refractivity contribution in [2.45, 2.75) is 65.0 Å². The van der Waals surface area contributed by atoms with E-state index >= 15 is 0 Å². The molecule has 0 saturated heterocycles. The van der Waals surface area contributed by atoms with Gasteiger partial charge < -0.3 is 4.90 Å².